The van der Waals surface area contributed by atoms with Gasteiger partial charge in [-0.05, 0) is 62.4 Å². The summed E-state index contributed by atoms with van der Waals surface area (Å²) in [6.45, 7) is 0.627. The molecule has 2 unspecified atom stereocenters. The van der Waals surface area contributed by atoms with Crippen LogP contribution in [0.25, 0.3) is 0 Å². The number of carboxylic acids is 1. The highest BCUT2D eigenvalue weighted by molar-refractivity contribution is 9.13. The molecule has 1 aliphatic heterocycles. The fourth-order valence-corrected chi connectivity index (χ4v) is 2.70. The molecule has 0 aliphatic carbocycles. The van der Waals surface area contributed by atoms with Gasteiger partial charge in [0.2, 0.25) is 0 Å². The Balaban J connectivity index is 2.29. The Hall–Kier alpha value is -0.390. The normalized spacial score (nSPS) is 24.6. The van der Waals surface area contributed by atoms with Crippen LogP contribution in [0.15, 0.2) is 27.1 Å². The van der Waals surface area contributed by atoms with Crippen molar-refractivity contribution < 1.29 is 14.6 Å². The zero-order valence-electron chi connectivity index (χ0n) is 9.03. The Labute approximate surface area is 116 Å². The first-order valence-corrected chi connectivity index (χ1v) is 6.97. The average Bonchev–Trinajstić information content (AvgIpc) is 2.32. The summed E-state index contributed by atoms with van der Waals surface area (Å²) in [6.07, 6.45) is 1.14. The fraction of sp³-hybridized carbons (Fsp3) is 0.417. The number of rotatable bonds is 2. The van der Waals surface area contributed by atoms with Gasteiger partial charge in [0.15, 0.2) is 0 Å². The van der Waals surface area contributed by atoms with Crippen molar-refractivity contribution in [1.82, 2.24) is 0 Å². The van der Waals surface area contributed by atoms with Crippen molar-refractivity contribution in [2.75, 3.05) is 6.61 Å². The van der Waals surface area contributed by atoms with Crippen LogP contribution in [0.1, 0.15) is 24.5 Å². The minimum absolute atomic E-state index is 0.342. The Morgan fingerprint density at radius 3 is 2.76 bits per heavy atom. The smallest absolute Gasteiger partial charge is 0.309 e. The van der Waals surface area contributed by atoms with E-state index in [0.717, 1.165) is 20.9 Å². The van der Waals surface area contributed by atoms with Gasteiger partial charge in [-0.15, -0.1) is 0 Å². The number of ether oxygens (including phenoxy) is 1. The quantitative estimate of drug-likeness (QED) is 0.870. The summed E-state index contributed by atoms with van der Waals surface area (Å²) in [7, 11) is 0. The van der Waals surface area contributed by atoms with E-state index in [1.165, 1.54) is 0 Å². The van der Waals surface area contributed by atoms with Crippen molar-refractivity contribution in [3.63, 3.8) is 0 Å². The van der Waals surface area contributed by atoms with Crippen LogP contribution in [0.4, 0.5) is 0 Å². The molecule has 1 fully saturated rings. The van der Waals surface area contributed by atoms with Gasteiger partial charge in [-0.3, -0.25) is 4.79 Å². The van der Waals surface area contributed by atoms with E-state index in [4.69, 9.17) is 4.74 Å². The van der Waals surface area contributed by atoms with Gasteiger partial charge in [-0.2, -0.15) is 0 Å². The van der Waals surface area contributed by atoms with Gasteiger partial charge in [0, 0.05) is 15.6 Å². The molecule has 1 aromatic rings. The largest absolute Gasteiger partial charge is 0.481 e. The van der Waals surface area contributed by atoms with E-state index in [0.29, 0.717) is 13.0 Å². The van der Waals surface area contributed by atoms with Gasteiger partial charge in [0.05, 0.1) is 12.0 Å². The van der Waals surface area contributed by atoms with E-state index in [9.17, 15) is 9.90 Å². The maximum atomic E-state index is 11.2. The van der Waals surface area contributed by atoms with Crippen LogP contribution >= 0.6 is 31.9 Å². The molecule has 1 aromatic carbocycles. The fourth-order valence-electron chi connectivity index (χ4n) is 2.05. The Morgan fingerprint density at radius 1 is 1.35 bits per heavy atom. The molecule has 0 aromatic heterocycles. The zero-order chi connectivity index (χ0) is 12.4. The molecule has 3 nitrogen and oxygen atoms in total. The summed E-state index contributed by atoms with van der Waals surface area (Å²) >= 11 is 6.81. The summed E-state index contributed by atoms with van der Waals surface area (Å²) < 4.78 is 7.47. The van der Waals surface area contributed by atoms with E-state index >= 15 is 0 Å². The minimum Gasteiger partial charge on any atom is -0.481 e. The summed E-state index contributed by atoms with van der Waals surface area (Å²) in [5.74, 6) is -1.23. The highest BCUT2D eigenvalue weighted by atomic mass is 79.9. The Kier molecular flexibility index (Phi) is 4.22. The summed E-state index contributed by atoms with van der Waals surface area (Å²) in [6, 6.07) is 5.72. The van der Waals surface area contributed by atoms with Crippen LogP contribution in [0, 0.1) is 5.92 Å². The standard InChI is InChI=1S/C12H12Br2O3/c13-9-4-3-7(6-10(9)14)11-8(12(15)16)2-1-5-17-11/h3-4,6,8,11H,1-2,5H2,(H,15,16). The molecule has 0 bridgehead atoms. The second-order valence-electron chi connectivity index (χ2n) is 4.05. The second-order valence-corrected chi connectivity index (χ2v) is 5.76. The van der Waals surface area contributed by atoms with Crippen LogP contribution in [-0.2, 0) is 9.53 Å². The Morgan fingerprint density at radius 2 is 2.12 bits per heavy atom. The molecule has 5 heteroatoms. The van der Waals surface area contributed by atoms with Gasteiger partial charge in [0.25, 0.3) is 0 Å². The molecule has 1 saturated heterocycles. The van der Waals surface area contributed by atoms with Crippen molar-refractivity contribution in [3.8, 4) is 0 Å². The molecule has 1 N–H and O–H groups in total. The second kappa shape index (κ2) is 5.50. The van der Waals surface area contributed by atoms with Crippen LogP contribution in [0.5, 0.6) is 0 Å². The maximum Gasteiger partial charge on any atom is 0.309 e. The molecule has 1 aliphatic rings. The first-order chi connectivity index (χ1) is 8.09. The molecule has 2 atom stereocenters. The third-order valence-electron chi connectivity index (χ3n) is 2.91. The van der Waals surface area contributed by atoms with Crippen molar-refractivity contribution >= 4 is 37.8 Å². The third kappa shape index (κ3) is 2.89. The number of benzene rings is 1. The van der Waals surface area contributed by atoms with Crippen molar-refractivity contribution in [2.24, 2.45) is 5.92 Å². The van der Waals surface area contributed by atoms with E-state index in [1.54, 1.807) is 0 Å². The lowest BCUT2D eigenvalue weighted by Crippen LogP contribution is -2.28. The molecule has 0 spiro atoms. The van der Waals surface area contributed by atoms with Gasteiger partial charge in [-0.1, -0.05) is 6.07 Å². The molecule has 92 valence electrons. The predicted octanol–water partition coefficient (Wildman–Crippen LogP) is 3.76. The topological polar surface area (TPSA) is 46.5 Å². The lowest BCUT2D eigenvalue weighted by molar-refractivity contribution is -0.151. The number of aliphatic carboxylic acids is 1. The number of hydrogen-bond donors (Lipinski definition) is 1. The highest BCUT2D eigenvalue weighted by Gasteiger charge is 2.33. The van der Waals surface area contributed by atoms with E-state index < -0.39 is 11.9 Å². The SMILES string of the molecule is O=C(O)C1CCCOC1c1ccc(Br)c(Br)c1. The molecule has 1 heterocycles. The Bertz CT molecular complexity index is 434. The van der Waals surface area contributed by atoms with Crippen LogP contribution in [0.2, 0.25) is 0 Å². The molecule has 0 amide bonds. The lowest BCUT2D eigenvalue weighted by Gasteiger charge is -2.29. The van der Waals surface area contributed by atoms with Gasteiger partial charge < -0.3 is 9.84 Å². The van der Waals surface area contributed by atoms with E-state index in [-0.39, 0.29) is 6.10 Å². The highest BCUT2D eigenvalue weighted by Crippen LogP contribution is 2.36. The number of carboxylic acid groups (broad SMARTS) is 1. The number of hydrogen-bond acceptors (Lipinski definition) is 2. The summed E-state index contributed by atoms with van der Waals surface area (Å²) in [5, 5.41) is 9.19. The molecule has 17 heavy (non-hydrogen) atoms. The maximum absolute atomic E-state index is 11.2. The molecule has 0 radical (unpaired) electrons. The van der Waals surface area contributed by atoms with Crippen LogP contribution < -0.4 is 0 Å². The lowest BCUT2D eigenvalue weighted by atomic mass is 9.90. The number of carbonyl (C=O) groups is 1. The van der Waals surface area contributed by atoms with Gasteiger partial charge >= 0.3 is 5.97 Å². The van der Waals surface area contributed by atoms with Crippen molar-refractivity contribution in [3.05, 3.63) is 32.7 Å². The first-order valence-electron chi connectivity index (χ1n) is 5.39. The average molecular weight is 364 g/mol. The van der Waals surface area contributed by atoms with Crippen LogP contribution in [-0.4, -0.2) is 17.7 Å². The van der Waals surface area contributed by atoms with Crippen molar-refractivity contribution in [1.29, 1.82) is 0 Å². The van der Waals surface area contributed by atoms with Crippen molar-refractivity contribution in [2.45, 2.75) is 18.9 Å². The predicted molar refractivity (Wildman–Crippen MR) is 70.9 cm³/mol. The van der Waals surface area contributed by atoms with E-state index in [1.807, 2.05) is 18.2 Å². The molecular weight excluding hydrogens is 352 g/mol. The monoisotopic (exact) mass is 362 g/mol. The summed E-state index contributed by atoms with van der Waals surface area (Å²) in [4.78, 5) is 11.2. The minimum atomic E-state index is -0.784. The van der Waals surface area contributed by atoms with Gasteiger partial charge in [0.1, 0.15) is 0 Å². The molecule has 0 saturated carbocycles. The van der Waals surface area contributed by atoms with E-state index in [2.05, 4.69) is 31.9 Å². The van der Waals surface area contributed by atoms with Gasteiger partial charge in [-0.25, -0.2) is 0 Å². The molecular formula is C12H12Br2O3. The van der Waals surface area contributed by atoms with Crippen LogP contribution in [0.3, 0.4) is 0 Å². The summed E-state index contributed by atoms with van der Waals surface area (Å²) in [5.41, 5.74) is 0.909. The zero-order valence-corrected chi connectivity index (χ0v) is 12.2. The third-order valence-corrected chi connectivity index (χ3v) is 4.79. The molecule has 2 rings (SSSR count). The first kappa shape index (κ1) is 13.1. The number of halogens is 2.